The lowest BCUT2D eigenvalue weighted by molar-refractivity contribution is -0.139. The van der Waals surface area contributed by atoms with E-state index in [1.54, 1.807) is 19.9 Å². The largest absolute Gasteiger partial charge is 0.480 e. The Morgan fingerprint density at radius 1 is 1.32 bits per heavy atom. The molecule has 1 unspecified atom stereocenters. The van der Waals surface area contributed by atoms with Crippen molar-refractivity contribution in [2.75, 3.05) is 0 Å². The van der Waals surface area contributed by atoms with Gasteiger partial charge in [-0.1, -0.05) is 44.2 Å². The number of hydrogen-bond acceptors (Lipinski definition) is 3. The number of fused-ring (bicyclic) bond motifs is 1. The van der Waals surface area contributed by atoms with Crippen LogP contribution in [0.3, 0.4) is 0 Å². The highest BCUT2D eigenvalue weighted by Crippen LogP contribution is 2.21. The third-order valence-electron chi connectivity index (χ3n) is 3.14. The summed E-state index contributed by atoms with van der Waals surface area (Å²) >= 11 is 0. The molecule has 0 spiro atoms. The van der Waals surface area contributed by atoms with Crippen LogP contribution in [0.5, 0.6) is 0 Å². The van der Waals surface area contributed by atoms with E-state index in [1.165, 1.54) is 0 Å². The topological polar surface area (TPSA) is 69.9 Å². The highest BCUT2D eigenvalue weighted by molar-refractivity contribution is 6.10. The maximum absolute atomic E-state index is 11.2. The van der Waals surface area contributed by atoms with Gasteiger partial charge < -0.3 is 10.2 Å². The van der Waals surface area contributed by atoms with Crippen LogP contribution in [0, 0.1) is 5.92 Å². The monoisotopic (exact) mass is 259 g/mol. The molecule has 100 valence electrons. The molecule has 0 radical (unpaired) electrons. The maximum Gasteiger partial charge on any atom is 0.328 e. The lowest BCUT2D eigenvalue weighted by atomic mass is 9.93. The fourth-order valence-electron chi connectivity index (χ4n) is 2.11. The summed E-state index contributed by atoms with van der Waals surface area (Å²) in [6.07, 6.45) is 2.60. The van der Waals surface area contributed by atoms with Crippen molar-refractivity contribution in [2.24, 2.45) is 10.9 Å². The normalized spacial score (nSPS) is 21.5. The molecule has 1 aliphatic carbocycles. The Morgan fingerprint density at radius 2 is 2.00 bits per heavy atom. The zero-order valence-corrected chi connectivity index (χ0v) is 10.9. The number of aliphatic carboxylic acids is 1. The summed E-state index contributed by atoms with van der Waals surface area (Å²) in [7, 11) is 0. The van der Waals surface area contributed by atoms with Gasteiger partial charge in [-0.25, -0.2) is 4.79 Å². The fourth-order valence-corrected chi connectivity index (χ4v) is 2.11. The van der Waals surface area contributed by atoms with Crippen LogP contribution >= 0.6 is 0 Å². The van der Waals surface area contributed by atoms with Gasteiger partial charge in [0.25, 0.3) is 0 Å². The van der Waals surface area contributed by atoms with Crippen LogP contribution in [0.1, 0.15) is 25.0 Å². The molecule has 0 aliphatic heterocycles. The van der Waals surface area contributed by atoms with E-state index in [1.807, 2.05) is 30.3 Å². The van der Waals surface area contributed by atoms with Crippen LogP contribution in [-0.4, -0.2) is 34.0 Å². The van der Waals surface area contributed by atoms with Crippen LogP contribution in [0.2, 0.25) is 0 Å². The predicted molar refractivity (Wildman–Crippen MR) is 74.3 cm³/mol. The van der Waals surface area contributed by atoms with Crippen molar-refractivity contribution >= 4 is 17.8 Å². The van der Waals surface area contributed by atoms with Crippen LogP contribution in [0.15, 0.2) is 35.3 Å². The van der Waals surface area contributed by atoms with E-state index < -0.39 is 18.1 Å². The molecule has 0 amide bonds. The zero-order chi connectivity index (χ0) is 14.0. The Morgan fingerprint density at radius 3 is 2.63 bits per heavy atom. The zero-order valence-electron chi connectivity index (χ0n) is 10.9. The van der Waals surface area contributed by atoms with Crippen LogP contribution in [0.25, 0.3) is 6.08 Å². The first-order valence-corrected chi connectivity index (χ1v) is 6.27. The lowest BCUT2D eigenvalue weighted by Crippen LogP contribution is -2.30. The van der Waals surface area contributed by atoms with Crippen molar-refractivity contribution in [1.82, 2.24) is 0 Å². The standard InChI is InChI=1S/C15H17NO3/c1-9(2)13(15(18)19)16-14-11-6-4-3-5-10(11)7-8-12(14)17/h3-9,12-13,17H,1-2H3,(H,18,19)/t12?,13-/m0/s1. The van der Waals surface area contributed by atoms with Crippen molar-refractivity contribution in [3.05, 3.63) is 41.5 Å². The number of carboxylic acid groups (broad SMARTS) is 1. The number of aliphatic hydroxyl groups is 1. The Labute approximate surface area is 112 Å². The third kappa shape index (κ3) is 2.74. The molecule has 0 saturated carbocycles. The summed E-state index contributed by atoms with van der Waals surface area (Å²) in [6.45, 7) is 3.61. The van der Waals surface area contributed by atoms with Crippen molar-refractivity contribution in [1.29, 1.82) is 0 Å². The van der Waals surface area contributed by atoms with Gasteiger partial charge in [0.1, 0.15) is 12.1 Å². The molecule has 1 aromatic carbocycles. The molecule has 2 rings (SSSR count). The summed E-state index contributed by atoms with van der Waals surface area (Å²) < 4.78 is 0. The Bertz CT molecular complexity index is 546. The van der Waals surface area contributed by atoms with E-state index in [0.717, 1.165) is 11.1 Å². The van der Waals surface area contributed by atoms with Crippen molar-refractivity contribution < 1.29 is 15.0 Å². The molecule has 0 bridgehead atoms. The summed E-state index contributed by atoms with van der Waals surface area (Å²) in [4.78, 5) is 15.5. The molecule has 19 heavy (non-hydrogen) atoms. The average Bonchev–Trinajstić information content (AvgIpc) is 2.36. The number of carboxylic acids is 1. The summed E-state index contributed by atoms with van der Waals surface area (Å²) in [5.74, 6) is -1.10. The Hall–Kier alpha value is -1.94. The molecule has 2 N–H and O–H groups in total. The summed E-state index contributed by atoms with van der Waals surface area (Å²) in [5.41, 5.74) is 2.17. The molecule has 2 atom stereocenters. The first-order chi connectivity index (χ1) is 9.00. The Balaban J connectivity index is 2.48. The second-order valence-electron chi connectivity index (χ2n) is 4.93. The second kappa shape index (κ2) is 5.36. The van der Waals surface area contributed by atoms with Gasteiger partial charge in [-0.15, -0.1) is 0 Å². The molecule has 4 heteroatoms. The lowest BCUT2D eigenvalue weighted by Gasteiger charge is -2.21. The van der Waals surface area contributed by atoms with Crippen molar-refractivity contribution in [3.63, 3.8) is 0 Å². The van der Waals surface area contributed by atoms with E-state index in [0.29, 0.717) is 5.71 Å². The number of carbonyl (C=O) groups is 1. The minimum Gasteiger partial charge on any atom is -0.480 e. The molecular formula is C15H17NO3. The first-order valence-electron chi connectivity index (χ1n) is 6.27. The molecule has 0 heterocycles. The molecule has 1 aliphatic rings. The molecule has 0 fully saturated rings. The summed E-state index contributed by atoms with van der Waals surface area (Å²) in [5, 5.41) is 19.2. The maximum atomic E-state index is 11.2. The van der Waals surface area contributed by atoms with E-state index in [4.69, 9.17) is 0 Å². The SMILES string of the molecule is CC(C)[C@H](N=C1c2ccccc2C=CC1O)C(=O)O. The fraction of sp³-hybridized carbons (Fsp3) is 0.333. The highest BCUT2D eigenvalue weighted by atomic mass is 16.4. The number of nitrogens with zero attached hydrogens (tertiary/aromatic N) is 1. The number of hydrogen-bond donors (Lipinski definition) is 2. The molecule has 0 saturated heterocycles. The Kier molecular flexibility index (Phi) is 3.81. The quantitative estimate of drug-likeness (QED) is 0.872. The van der Waals surface area contributed by atoms with Gasteiger partial charge in [-0.05, 0) is 17.6 Å². The second-order valence-corrected chi connectivity index (χ2v) is 4.93. The van der Waals surface area contributed by atoms with Gasteiger partial charge in [0.05, 0.1) is 5.71 Å². The van der Waals surface area contributed by atoms with Gasteiger partial charge in [0.2, 0.25) is 0 Å². The highest BCUT2D eigenvalue weighted by Gasteiger charge is 2.25. The van der Waals surface area contributed by atoms with Gasteiger partial charge in [-0.3, -0.25) is 4.99 Å². The van der Waals surface area contributed by atoms with Gasteiger partial charge in [-0.2, -0.15) is 0 Å². The minimum atomic E-state index is -0.971. The smallest absolute Gasteiger partial charge is 0.328 e. The predicted octanol–water partition coefficient (Wildman–Crippen LogP) is 1.97. The molecule has 4 nitrogen and oxygen atoms in total. The van der Waals surface area contributed by atoms with Crippen LogP contribution in [-0.2, 0) is 4.79 Å². The van der Waals surface area contributed by atoms with Gasteiger partial charge in [0.15, 0.2) is 0 Å². The van der Waals surface area contributed by atoms with Crippen LogP contribution < -0.4 is 0 Å². The van der Waals surface area contributed by atoms with Gasteiger partial charge >= 0.3 is 5.97 Å². The average molecular weight is 259 g/mol. The molecule has 0 aromatic heterocycles. The molecule has 1 aromatic rings. The van der Waals surface area contributed by atoms with Gasteiger partial charge in [0, 0.05) is 5.56 Å². The van der Waals surface area contributed by atoms with Crippen molar-refractivity contribution in [2.45, 2.75) is 26.0 Å². The van der Waals surface area contributed by atoms with E-state index in [2.05, 4.69) is 4.99 Å². The third-order valence-corrected chi connectivity index (χ3v) is 3.14. The van der Waals surface area contributed by atoms with E-state index in [-0.39, 0.29) is 5.92 Å². The first kappa shape index (κ1) is 13.5. The van der Waals surface area contributed by atoms with Crippen molar-refractivity contribution in [3.8, 4) is 0 Å². The number of aliphatic hydroxyl groups excluding tert-OH is 1. The van der Waals surface area contributed by atoms with E-state index in [9.17, 15) is 15.0 Å². The van der Waals surface area contributed by atoms with E-state index >= 15 is 0 Å². The number of rotatable bonds is 3. The number of benzene rings is 1. The minimum absolute atomic E-state index is 0.129. The molecular weight excluding hydrogens is 242 g/mol. The van der Waals surface area contributed by atoms with Crippen LogP contribution in [0.4, 0.5) is 0 Å². The summed E-state index contributed by atoms with van der Waals surface area (Å²) in [6, 6.07) is 6.67. The number of aliphatic imine (C=N–C) groups is 1.